The van der Waals surface area contributed by atoms with E-state index in [9.17, 15) is 9.59 Å². The Bertz CT molecular complexity index is 1010. The fourth-order valence-electron chi connectivity index (χ4n) is 5.25. The first-order chi connectivity index (χ1) is 15.5. The van der Waals surface area contributed by atoms with Crippen molar-refractivity contribution >= 4 is 17.5 Å². The third-order valence-corrected chi connectivity index (χ3v) is 6.97. The van der Waals surface area contributed by atoms with Gasteiger partial charge in [0.05, 0.1) is 24.0 Å². The lowest BCUT2D eigenvalue weighted by Crippen LogP contribution is -2.58. The zero-order valence-electron chi connectivity index (χ0n) is 18.7. The molecule has 0 spiro atoms. The van der Waals surface area contributed by atoms with Crippen molar-refractivity contribution in [3.8, 4) is 16.9 Å². The highest BCUT2D eigenvalue weighted by Crippen LogP contribution is 2.35. The van der Waals surface area contributed by atoms with Crippen LogP contribution in [0.3, 0.4) is 0 Å². The number of fused-ring (bicyclic) bond motifs is 2. The lowest BCUT2D eigenvalue weighted by Gasteiger charge is -2.41. The zero-order valence-corrected chi connectivity index (χ0v) is 18.7. The van der Waals surface area contributed by atoms with E-state index in [-0.39, 0.29) is 30.3 Å². The van der Waals surface area contributed by atoms with Crippen LogP contribution in [-0.4, -0.2) is 65.6 Å². The number of aromatic nitrogens is 1. The van der Waals surface area contributed by atoms with E-state index in [1.54, 1.807) is 0 Å². The quantitative estimate of drug-likeness (QED) is 0.776. The molecule has 1 saturated carbocycles. The average molecular weight is 439 g/mol. The van der Waals surface area contributed by atoms with E-state index in [1.807, 2.05) is 36.9 Å². The van der Waals surface area contributed by atoms with Crippen LogP contribution in [0.25, 0.3) is 11.1 Å². The standard InChI is InChI=1S/C24H30N4O4/c1-15-23(16(2)32-26-15)18-7-8-21-20(11-18)25-22(29)13-27-9-10-28(12-19(27)14-31-21)24(30)17-5-3-4-6-17/h7-8,11,17,19H,3-6,9-10,12-14H2,1-2H3,(H,25,29)/t19-/m1/s1. The predicted octanol–water partition coefficient (Wildman–Crippen LogP) is 2.99. The lowest BCUT2D eigenvalue weighted by atomic mass is 10.0. The molecule has 32 heavy (non-hydrogen) atoms. The molecule has 2 fully saturated rings. The van der Waals surface area contributed by atoms with Crippen LogP contribution >= 0.6 is 0 Å². The second-order valence-electron chi connectivity index (χ2n) is 9.16. The molecule has 1 aromatic carbocycles. The van der Waals surface area contributed by atoms with Crippen molar-refractivity contribution in [3.63, 3.8) is 0 Å². The maximum atomic E-state index is 12.9. The number of piperazine rings is 1. The first kappa shape index (κ1) is 21.0. The number of carbonyl (C=O) groups excluding carboxylic acids is 2. The van der Waals surface area contributed by atoms with Crippen LogP contribution in [0.4, 0.5) is 5.69 Å². The first-order valence-corrected chi connectivity index (χ1v) is 11.5. The molecule has 1 saturated heterocycles. The summed E-state index contributed by atoms with van der Waals surface area (Å²) in [4.78, 5) is 29.9. The van der Waals surface area contributed by atoms with E-state index in [4.69, 9.17) is 9.26 Å². The number of carbonyl (C=O) groups is 2. The molecule has 5 rings (SSSR count). The van der Waals surface area contributed by atoms with E-state index in [2.05, 4.69) is 15.4 Å². The molecule has 8 heteroatoms. The van der Waals surface area contributed by atoms with Gasteiger partial charge in [-0.05, 0) is 44.4 Å². The molecule has 3 heterocycles. The summed E-state index contributed by atoms with van der Waals surface area (Å²) in [6.45, 7) is 6.45. The summed E-state index contributed by atoms with van der Waals surface area (Å²) in [5, 5.41) is 7.05. The number of hydrogen-bond donors (Lipinski definition) is 1. The molecular formula is C24H30N4O4. The van der Waals surface area contributed by atoms with Gasteiger partial charge >= 0.3 is 0 Å². The van der Waals surface area contributed by atoms with E-state index >= 15 is 0 Å². The number of rotatable bonds is 2. The van der Waals surface area contributed by atoms with Crippen molar-refractivity contribution < 1.29 is 18.8 Å². The Balaban J connectivity index is 1.36. The molecule has 170 valence electrons. The topological polar surface area (TPSA) is 87.9 Å². The van der Waals surface area contributed by atoms with Crippen molar-refractivity contribution in [1.29, 1.82) is 0 Å². The maximum absolute atomic E-state index is 12.9. The van der Waals surface area contributed by atoms with Crippen LogP contribution in [0.1, 0.15) is 37.1 Å². The smallest absolute Gasteiger partial charge is 0.238 e. The predicted molar refractivity (Wildman–Crippen MR) is 119 cm³/mol. The monoisotopic (exact) mass is 438 g/mol. The van der Waals surface area contributed by atoms with Crippen LogP contribution in [0.5, 0.6) is 5.75 Å². The molecule has 1 atom stereocenters. The van der Waals surface area contributed by atoms with Gasteiger partial charge in [-0.1, -0.05) is 24.1 Å². The summed E-state index contributed by atoms with van der Waals surface area (Å²) in [5.41, 5.74) is 3.31. The van der Waals surface area contributed by atoms with Gasteiger partial charge in [0.1, 0.15) is 18.1 Å². The van der Waals surface area contributed by atoms with Crippen LogP contribution in [0.2, 0.25) is 0 Å². The number of ether oxygens (including phenoxy) is 1. The second-order valence-corrected chi connectivity index (χ2v) is 9.16. The van der Waals surface area contributed by atoms with Gasteiger partial charge in [-0.3, -0.25) is 14.5 Å². The van der Waals surface area contributed by atoms with E-state index in [0.29, 0.717) is 37.7 Å². The minimum absolute atomic E-state index is 0.00644. The third kappa shape index (κ3) is 3.99. The number of amides is 2. The summed E-state index contributed by atoms with van der Waals surface area (Å²) in [7, 11) is 0. The largest absolute Gasteiger partial charge is 0.490 e. The third-order valence-electron chi connectivity index (χ3n) is 6.97. The molecule has 2 amide bonds. The Kier molecular flexibility index (Phi) is 5.63. The zero-order chi connectivity index (χ0) is 22.2. The molecule has 1 aliphatic carbocycles. The van der Waals surface area contributed by atoms with Crippen LogP contribution < -0.4 is 10.1 Å². The van der Waals surface area contributed by atoms with Crippen molar-refractivity contribution in [3.05, 3.63) is 29.7 Å². The van der Waals surface area contributed by atoms with Gasteiger partial charge in [-0.15, -0.1) is 0 Å². The highest BCUT2D eigenvalue weighted by molar-refractivity contribution is 5.95. The Morgan fingerprint density at radius 3 is 2.75 bits per heavy atom. The van der Waals surface area contributed by atoms with Gasteiger partial charge in [-0.2, -0.15) is 0 Å². The molecule has 0 unspecified atom stereocenters. The molecule has 0 bridgehead atoms. The van der Waals surface area contributed by atoms with Gasteiger partial charge in [0.15, 0.2) is 0 Å². The Morgan fingerprint density at radius 1 is 1.19 bits per heavy atom. The van der Waals surface area contributed by atoms with Crippen molar-refractivity contribution in [2.75, 3.05) is 38.1 Å². The van der Waals surface area contributed by atoms with Crippen molar-refractivity contribution in [1.82, 2.24) is 15.0 Å². The number of aryl methyl sites for hydroxylation is 2. The normalized spacial score (nSPS) is 22.2. The molecule has 1 N–H and O–H groups in total. The summed E-state index contributed by atoms with van der Waals surface area (Å²) >= 11 is 0. The Morgan fingerprint density at radius 2 is 2.00 bits per heavy atom. The van der Waals surface area contributed by atoms with E-state index in [0.717, 1.165) is 48.3 Å². The highest BCUT2D eigenvalue weighted by atomic mass is 16.5. The minimum Gasteiger partial charge on any atom is -0.490 e. The number of nitrogens with one attached hydrogen (secondary N) is 1. The minimum atomic E-state index is -0.0757. The number of anilines is 1. The summed E-state index contributed by atoms with van der Waals surface area (Å²) in [5.74, 6) is 1.74. The molecular weight excluding hydrogens is 408 g/mol. The van der Waals surface area contributed by atoms with Crippen LogP contribution in [0, 0.1) is 19.8 Å². The fourth-order valence-corrected chi connectivity index (χ4v) is 5.25. The summed E-state index contributed by atoms with van der Waals surface area (Å²) in [6, 6.07) is 5.76. The van der Waals surface area contributed by atoms with Crippen molar-refractivity contribution in [2.24, 2.45) is 5.92 Å². The summed E-state index contributed by atoms with van der Waals surface area (Å²) < 4.78 is 11.5. The second kappa shape index (κ2) is 8.58. The highest BCUT2D eigenvalue weighted by Gasteiger charge is 2.35. The van der Waals surface area contributed by atoms with Gasteiger partial charge in [0, 0.05) is 31.1 Å². The van der Waals surface area contributed by atoms with E-state index < -0.39 is 0 Å². The van der Waals surface area contributed by atoms with Crippen LogP contribution in [0.15, 0.2) is 22.7 Å². The van der Waals surface area contributed by atoms with Crippen molar-refractivity contribution in [2.45, 2.75) is 45.6 Å². The SMILES string of the molecule is Cc1noc(C)c1-c1ccc2c(c1)NC(=O)CN1CCN(C(=O)C3CCCC3)C[C@@H]1CO2. The average Bonchev–Trinajstić information content (AvgIpc) is 3.43. The Labute approximate surface area is 187 Å². The van der Waals surface area contributed by atoms with Gasteiger partial charge < -0.3 is 19.5 Å². The van der Waals surface area contributed by atoms with Gasteiger partial charge in [0.25, 0.3) is 0 Å². The number of benzene rings is 1. The molecule has 8 nitrogen and oxygen atoms in total. The van der Waals surface area contributed by atoms with Gasteiger partial charge in [-0.25, -0.2) is 0 Å². The molecule has 0 radical (unpaired) electrons. The molecule has 2 aliphatic heterocycles. The van der Waals surface area contributed by atoms with E-state index in [1.165, 1.54) is 0 Å². The maximum Gasteiger partial charge on any atom is 0.238 e. The summed E-state index contributed by atoms with van der Waals surface area (Å²) in [6.07, 6.45) is 4.30. The van der Waals surface area contributed by atoms with Gasteiger partial charge in [0.2, 0.25) is 11.8 Å². The molecule has 3 aliphatic rings. The van der Waals surface area contributed by atoms with Crippen LogP contribution in [-0.2, 0) is 9.59 Å². The molecule has 2 aromatic rings. The fraction of sp³-hybridized carbons (Fsp3) is 0.542. The first-order valence-electron chi connectivity index (χ1n) is 11.5. The lowest BCUT2D eigenvalue weighted by molar-refractivity contribution is -0.139. The Hall–Kier alpha value is -2.87. The number of hydrogen-bond acceptors (Lipinski definition) is 6. The number of nitrogens with zero attached hydrogens (tertiary/aromatic N) is 3. The molecule has 1 aromatic heterocycles.